The van der Waals surface area contributed by atoms with Crippen LogP contribution < -0.4 is 0 Å². The zero-order chi connectivity index (χ0) is 9.40. The predicted octanol–water partition coefficient (Wildman–Crippen LogP) is 0.839. The average molecular weight is 170 g/mol. The Morgan fingerprint density at radius 2 is 2.33 bits per heavy atom. The first-order valence-electron chi connectivity index (χ1n) is 4.07. The molecule has 0 aromatic carbocycles. The minimum Gasteiger partial charge on any atom is -0.456 e. The van der Waals surface area contributed by atoms with Gasteiger partial charge in [-0.1, -0.05) is 6.58 Å². The molecule has 0 aromatic rings. The molecule has 0 aromatic heterocycles. The molecule has 0 aliphatic rings. The summed E-state index contributed by atoms with van der Waals surface area (Å²) in [7, 11) is 0. The maximum Gasteiger partial charge on any atom is 0.330 e. The molecule has 0 N–H and O–H groups in total. The third kappa shape index (κ3) is 4.66. The van der Waals surface area contributed by atoms with Crippen LogP contribution in [0.3, 0.4) is 0 Å². The fraction of sp³-hybridized carbons (Fsp3) is 0.556. The van der Waals surface area contributed by atoms with Crippen LogP contribution in [0.4, 0.5) is 0 Å². The maximum atomic E-state index is 10.6. The van der Waals surface area contributed by atoms with Crippen LogP contribution in [-0.4, -0.2) is 36.5 Å². The lowest BCUT2D eigenvalue weighted by Gasteiger charge is -2.00. The van der Waals surface area contributed by atoms with Crippen LogP contribution in [0.15, 0.2) is 12.7 Å². The van der Waals surface area contributed by atoms with E-state index in [1.165, 1.54) is 6.08 Å². The molecule has 3 heteroatoms. The average Bonchev–Trinajstić information content (AvgIpc) is 2.12. The van der Waals surface area contributed by atoms with Crippen LogP contribution in [0.5, 0.6) is 0 Å². The highest BCUT2D eigenvalue weighted by atomic mass is 16.5. The van der Waals surface area contributed by atoms with E-state index in [9.17, 15) is 4.79 Å². The zero-order valence-electron chi connectivity index (χ0n) is 7.75. The molecule has 0 fully saturated rings. The second-order valence-corrected chi connectivity index (χ2v) is 2.26. The highest BCUT2D eigenvalue weighted by molar-refractivity contribution is 5.81. The van der Waals surface area contributed by atoms with Crippen LogP contribution in [0.1, 0.15) is 13.8 Å². The van der Waals surface area contributed by atoms with E-state index >= 15 is 0 Å². The van der Waals surface area contributed by atoms with Crippen molar-refractivity contribution in [1.29, 1.82) is 0 Å². The number of ether oxygens (including phenoxy) is 1. The van der Waals surface area contributed by atoms with Crippen molar-refractivity contribution in [2.75, 3.05) is 19.7 Å². The SMILES string of the molecule is C=CC(=O)OCC[N+](=CC)CC. The lowest BCUT2D eigenvalue weighted by molar-refractivity contribution is -0.522. The summed E-state index contributed by atoms with van der Waals surface area (Å²) in [4.78, 5) is 10.6. The Kier molecular flexibility index (Phi) is 5.97. The van der Waals surface area contributed by atoms with Gasteiger partial charge in [0.1, 0.15) is 19.4 Å². The second kappa shape index (κ2) is 6.58. The molecule has 0 radical (unpaired) electrons. The Hall–Kier alpha value is -1.12. The number of carbonyl (C=O) groups is 1. The summed E-state index contributed by atoms with van der Waals surface area (Å²) in [6.07, 6.45) is 3.15. The highest BCUT2D eigenvalue weighted by Crippen LogP contribution is 1.80. The lowest BCUT2D eigenvalue weighted by atomic mass is 10.5. The van der Waals surface area contributed by atoms with Gasteiger partial charge in [0.15, 0.2) is 6.54 Å². The van der Waals surface area contributed by atoms with E-state index in [1.54, 1.807) is 0 Å². The summed E-state index contributed by atoms with van der Waals surface area (Å²) in [5.41, 5.74) is 0. The lowest BCUT2D eigenvalue weighted by Crippen LogP contribution is -2.19. The Labute approximate surface area is 73.3 Å². The number of hydrogen-bond donors (Lipinski definition) is 0. The van der Waals surface area contributed by atoms with Gasteiger partial charge in [-0.2, -0.15) is 0 Å². The van der Waals surface area contributed by atoms with Crippen LogP contribution >= 0.6 is 0 Å². The van der Waals surface area contributed by atoms with Gasteiger partial charge in [-0.3, -0.25) is 0 Å². The van der Waals surface area contributed by atoms with Crippen molar-refractivity contribution in [3.8, 4) is 0 Å². The number of likely N-dealkylation sites (N-methyl/N-ethyl adjacent to an activating group) is 1. The molecular weight excluding hydrogens is 154 g/mol. The molecule has 12 heavy (non-hydrogen) atoms. The molecule has 0 aliphatic heterocycles. The van der Waals surface area contributed by atoms with E-state index < -0.39 is 0 Å². The Morgan fingerprint density at radius 1 is 1.67 bits per heavy atom. The minimum absolute atomic E-state index is 0.359. The molecule has 0 rings (SSSR count). The number of esters is 1. The van der Waals surface area contributed by atoms with E-state index in [4.69, 9.17) is 4.74 Å². The third-order valence-corrected chi connectivity index (χ3v) is 1.56. The van der Waals surface area contributed by atoms with E-state index in [2.05, 4.69) is 18.1 Å². The standard InChI is InChI=1S/C9H16NO2/c1-4-9(11)12-8-7-10(5-2)6-3/h4-5H,1,6-8H2,2-3H3/q+1. The fourth-order valence-electron chi connectivity index (χ4n) is 0.792. The normalized spacial score (nSPS) is 11.0. The van der Waals surface area contributed by atoms with Gasteiger partial charge in [0.25, 0.3) is 0 Å². The van der Waals surface area contributed by atoms with E-state index in [0.29, 0.717) is 6.61 Å². The maximum absolute atomic E-state index is 10.6. The van der Waals surface area contributed by atoms with Crippen LogP contribution in [-0.2, 0) is 9.53 Å². The summed E-state index contributed by atoms with van der Waals surface area (Å²) in [6, 6.07) is 0. The van der Waals surface area contributed by atoms with Gasteiger partial charge < -0.3 is 4.74 Å². The van der Waals surface area contributed by atoms with Crippen LogP contribution in [0.2, 0.25) is 0 Å². The van der Waals surface area contributed by atoms with Crippen molar-refractivity contribution in [3.05, 3.63) is 12.7 Å². The first kappa shape index (κ1) is 10.9. The van der Waals surface area contributed by atoms with Crippen molar-refractivity contribution in [1.82, 2.24) is 0 Å². The highest BCUT2D eigenvalue weighted by Gasteiger charge is 2.00. The largest absolute Gasteiger partial charge is 0.456 e. The number of hydrogen-bond acceptors (Lipinski definition) is 2. The quantitative estimate of drug-likeness (QED) is 0.265. The monoisotopic (exact) mass is 170 g/mol. The third-order valence-electron chi connectivity index (χ3n) is 1.56. The van der Waals surface area contributed by atoms with Crippen molar-refractivity contribution >= 4 is 12.2 Å². The number of carbonyl (C=O) groups excluding carboxylic acids is 1. The molecule has 3 nitrogen and oxygen atoms in total. The van der Waals surface area contributed by atoms with Crippen molar-refractivity contribution < 1.29 is 14.1 Å². The summed E-state index contributed by atoms with van der Waals surface area (Å²) >= 11 is 0. The van der Waals surface area contributed by atoms with Gasteiger partial charge in [-0.15, -0.1) is 0 Å². The number of rotatable bonds is 5. The van der Waals surface area contributed by atoms with E-state index in [1.807, 2.05) is 13.1 Å². The summed E-state index contributed by atoms with van der Waals surface area (Å²) in [6.45, 7) is 9.41. The van der Waals surface area contributed by atoms with Gasteiger partial charge in [-0.25, -0.2) is 9.37 Å². The Morgan fingerprint density at radius 3 is 2.75 bits per heavy atom. The summed E-state index contributed by atoms with van der Waals surface area (Å²) < 4.78 is 6.87. The molecule has 0 spiro atoms. The Bertz CT molecular complexity index is 185. The van der Waals surface area contributed by atoms with Gasteiger partial charge in [0, 0.05) is 13.0 Å². The first-order chi connectivity index (χ1) is 5.74. The molecule has 0 aliphatic carbocycles. The van der Waals surface area contributed by atoms with Crippen molar-refractivity contribution in [2.45, 2.75) is 13.8 Å². The summed E-state index contributed by atoms with van der Waals surface area (Å²) in [5, 5.41) is 0. The fourth-order valence-corrected chi connectivity index (χ4v) is 0.792. The number of nitrogens with zero attached hydrogens (tertiary/aromatic N) is 1. The molecular formula is C9H16NO2+. The van der Waals surface area contributed by atoms with Gasteiger partial charge in [0.2, 0.25) is 0 Å². The van der Waals surface area contributed by atoms with Crippen molar-refractivity contribution in [3.63, 3.8) is 0 Å². The molecule has 0 saturated carbocycles. The molecule has 68 valence electrons. The molecule has 0 saturated heterocycles. The molecule has 0 amide bonds. The smallest absolute Gasteiger partial charge is 0.330 e. The van der Waals surface area contributed by atoms with Crippen LogP contribution in [0, 0.1) is 0 Å². The Balaban J connectivity index is 3.55. The molecule has 0 unspecified atom stereocenters. The molecule has 0 bridgehead atoms. The molecule has 0 atom stereocenters. The van der Waals surface area contributed by atoms with Gasteiger partial charge in [-0.05, 0) is 6.92 Å². The summed E-state index contributed by atoms with van der Waals surface area (Å²) in [5.74, 6) is -0.359. The predicted molar refractivity (Wildman–Crippen MR) is 48.6 cm³/mol. The first-order valence-corrected chi connectivity index (χ1v) is 4.07. The van der Waals surface area contributed by atoms with Crippen LogP contribution in [0.25, 0.3) is 0 Å². The van der Waals surface area contributed by atoms with Gasteiger partial charge >= 0.3 is 5.97 Å². The van der Waals surface area contributed by atoms with E-state index in [-0.39, 0.29) is 5.97 Å². The zero-order valence-corrected chi connectivity index (χ0v) is 7.75. The van der Waals surface area contributed by atoms with Crippen molar-refractivity contribution in [2.24, 2.45) is 0 Å². The van der Waals surface area contributed by atoms with E-state index in [0.717, 1.165) is 13.1 Å². The topological polar surface area (TPSA) is 29.3 Å². The second-order valence-electron chi connectivity index (χ2n) is 2.26. The minimum atomic E-state index is -0.359. The van der Waals surface area contributed by atoms with Gasteiger partial charge in [0.05, 0.1) is 0 Å². The molecule has 0 heterocycles.